The van der Waals surface area contributed by atoms with Crippen LogP contribution in [0.4, 0.5) is 5.69 Å². The van der Waals surface area contributed by atoms with E-state index in [1.807, 2.05) is 30.3 Å². The first-order valence-electron chi connectivity index (χ1n) is 6.09. The van der Waals surface area contributed by atoms with Crippen molar-refractivity contribution < 1.29 is 9.59 Å². The zero-order valence-corrected chi connectivity index (χ0v) is 10.2. The highest BCUT2D eigenvalue weighted by Gasteiger charge is 2.33. The van der Waals surface area contributed by atoms with E-state index in [-0.39, 0.29) is 12.3 Å². The van der Waals surface area contributed by atoms with E-state index in [1.165, 1.54) is 0 Å². The number of nitrogens with zero attached hydrogens (tertiary/aromatic N) is 2. The molecule has 0 spiro atoms. The third kappa shape index (κ3) is 2.03. The smallest absolute Gasteiger partial charge is 0.227 e. The van der Waals surface area contributed by atoms with Crippen LogP contribution in [0.2, 0.25) is 0 Å². The summed E-state index contributed by atoms with van der Waals surface area (Å²) in [4.78, 5) is 28.9. The molecular weight excluding hydrogens is 242 g/mol. The molecule has 5 nitrogen and oxygen atoms in total. The molecule has 0 aliphatic carbocycles. The number of hydrogen-bond donors (Lipinski definition) is 1. The molecule has 96 valence electrons. The number of benzene rings is 1. The summed E-state index contributed by atoms with van der Waals surface area (Å²) in [6.45, 7) is 0.361. The largest absolute Gasteiger partial charge is 0.369 e. The lowest BCUT2D eigenvalue weighted by molar-refractivity contribution is -0.123. The Morgan fingerprint density at radius 1 is 1.37 bits per heavy atom. The van der Waals surface area contributed by atoms with Crippen molar-refractivity contribution >= 4 is 28.4 Å². The summed E-state index contributed by atoms with van der Waals surface area (Å²) in [5.74, 6) is -0.873. The molecule has 2 N–H and O–H groups in total. The predicted octanol–water partition coefficient (Wildman–Crippen LogP) is 1.07. The number of pyridine rings is 1. The minimum absolute atomic E-state index is 0.0629. The van der Waals surface area contributed by atoms with Crippen molar-refractivity contribution in [3.8, 4) is 0 Å². The number of rotatable bonds is 2. The number of anilines is 1. The highest BCUT2D eigenvalue weighted by molar-refractivity contribution is 6.01. The molecule has 1 aromatic carbocycles. The molecule has 1 aliphatic rings. The summed E-state index contributed by atoms with van der Waals surface area (Å²) >= 11 is 0. The Hall–Kier alpha value is -2.43. The number of hydrogen-bond acceptors (Lipinski definition) is 3. The molecule has 3 rings (SSSR count). The lowest BCUT2D eigenvalue weighted by Crippen LogP contribution is -2.28. The van der Waals surface area contributed by atoms with E-state index in [2.05, 4.69) is 4.98 Å². The van der Waals surface area contributed by atoms with Crippen LogP contribution in [0.15, 0.2) is 36.5 Å². The van der Waals surface area contributed by atoms with E-state index in [0.29, 0.717) is 6.54 Å². The lowest BCUT2D eigenvalue weighted by Gasteiger charge is -2.16. The zero-order valence-electron chi connectivity index (χ0n) is 10.2. The number of aromatic nitrogens is 1. The van der Waals surface area contributed by atoms with Gasteiger partial charge in [-0.2, -0.15) is 0 Å². The molecule has 2 heterocycles. The molecule has 1 fully saturated rings. The molecule has 1 saturated heterocycles. The van der Waals surface area contributed by atoms with Gasteiger partial charge in [-0.15, -0.1) is 0 Å². The van der Waals surface area contributed by atoms with Gasteiger partial charge in [0.2, 0.25) is 11.8 Å². The van der Waals surface area contributed by atoms with Crippen LogP contribution in [0.25, 0.3) is 10.9 Å². The maximum Gasteiger partial charge on any atom is 0.227 e. The fourth-order valence-electron chi connectivity index (χ4n) is 2.38. The Kier molecular flexibility index (Phi) is 2.67. The predicted molar refractivity (Wildman–Crippen MR) is 71.4 cm³/mol. The molecule has 0 bridgehead atoms. The van der Waals surface area contributed by atoms with Crippen molar-refractivity contribution in [2.75, 3.05) is 11.4 Å². The van der Waals surface area contributed by atoms with Crippen LogP contribution >= 0.6 is 0 Å². The Morgan fingerprint density at radius 2 is 2.21 bits per heavy atom. The summed E-state index contributed by atoms with van der Waals surface area (Å²) in [5, 5.41) is 0.968. The maximum atomic E-state index is 11.9. The molecule has 0 radical (unpaired) electrons. The topological polar surface area (TPSA) is 76.3 Å². The second-order valence-corrected chi connectivity index (χ2v) is 4.69. The maximum absolute atomic E-state index is 11.9. The van der Waals surface area contributed by atoms with Gasteiger partial charge >= 0.3 is 0 Å². The van der Waals surface area contributed by atoms with Crippen molar-refractivity contribution in [2.24, 2.45) is 11.7 Å². The van der Waals surface area contributed by atoms with Gasteiger partial charge in [-0.25, -0.2) is 0 Å². The van der Waals surface area contributed by atoms with Gasteiger partial charge < -0.3 is 10.6 Å². The average Bonchev–Trinajstić information content (AvgIpc) is 2.80. The average molecular weight is 255 g/mol. The second kappa shape index (κ2) is 4.35. The molecule has 2 aromatic rings. The Bertz CT molecular complexity index is 669. The SMILES string of the molecule is NC(=O)C1CC(=O)N(c2ccc3ncccc3c2)C1. The van der Waals surface area contributed by atoms with Gasteiger partial charge in [0.1, 0.15) is 0 Å². The van der Waals surface area contributed by atoms with E-state index in [9.17, 15) is 9.59 Å². The number of carbonyl (C=O) groups excluding carboxylic acids is 2. The Balaban J connectivity index is 1.96. The molecule has 1 aromatic heterocycles. The Morgan fingerprint density at radius 3 is 2.95 bits per heavy atom. The summed E-state index contributed by atoms with van der Waals surface area (Å²) in [6, 6.07) is 9.41. The monoisotopic (exact) mass is 255 g/mol. The third-order valence-electron chi connectivity index (χ3n) is 3.43. The first-order chi connectivity index (χ1) is 9.15. The molecule has 1 aliphatic heterocycles. The fraction of sp³-hybridized carbons (Fsp3) is 0.214. The molecule has 5 heteroatoms. The van der Waals surface area contributed by atoms with Crippen LogP contribution in [-0.2, 0) is 9.59 Å². The standard InChI is InChI=1S/C14H13N3O2/c15-14(19)10-7-13(18)17(8-10)11-3-4-12-9(6-11)2-1-5-16-12/h1-6,10H,7-8H2,(H2,15,19). The Labute approximate surface area is 110 Å². The summed E-state index contributed by atoms with van der Waals surface area (Å²) < 4.78 is 0. The number of nitrogens with two attached hydrogens (primary N) is 1. The molecular formula is C14H13N3O2. The first-order valence-corrected chi connectivity index (χ1v) is 6.09. The van der Waals surface area contributed by atoms with Crippen LogP contribution in [0.1, 0.15) is 6.42 Å². The van der Waals surface area contributed by atoms with Gasteiger partial charge in [0.05, 0.1) is 11.4 Å². The lowest BCUT2D eigenvalue weighted by atomic mass is 10.1. The van der Waals surface area contributed by atoms with E-state index in [1.54, 1.807) is 11.1 Å². The van der Waals surface area contributed by atoms with Crippen molar-refractivity contribution in [2.45, 2.75) is 6.42 Å². The molecule has 0 saturated carbocycles. The van der Waals surface area contributed by atoms with Crippen LogP contribution < -0.4 is 10.6 Å². The quantitative estimate of drug-likeness (QED) is 0.872. The van der Waals surface area contributed by atoms with Crippen LogP contribution in [-0.4, -0.2) is 23.3 Å². The van der Waals surface area contributed by atoms with Gasteiger partial charge in [-0.05, 0) is 24.3 Å². The normalized spacial score (nSPS) is 19.1. The third-order valence-corrected chi connectivity index (χ3v) is 3.43. The van der Waals surface area contributed by atoms with Crippen LogP contribution in [0, 0.1) is 5.92 Å². The minimum Gasteiger partial charge on any atom is -0.369 e. The number of primary amides is 1. The van der Waals surface area contributed by atoms with E-state index < -0.39 is 11.8 Å². The van der Waals surface area contributed by atoms with Gasteiger partial charge in [0.15, 0.2) is 0 Å². The number of amides is 2. The first kappa shape index (κ1) is 11.6. The van der Waals surface area contributed by atoms with Crippen molar-refractivity contribution in [3.63, 3.8) is 0 Å². The van der Waals surface area contributed by atoms with Gasteiger partial charge in [0.25, 0.3) is 0 Å². The van der Waals surface area contributed by atoms with E-state index in [4.69, 9.17) is 5.73 Å². The highest BCUT2D eigenvalue weighted by Crippen LogP contribution is 2.27. The molecule has 2 amide bonds. The van der Waals surface area contributed by atoms with Gasteiger partial charge in [-0.3, -0.25) is 14.6 Å². The number of carbonyl (C=O) groups is 2. The van der Waals surface area contributed by atoms with Crippen molar-refractivity contribution in [3.05, 3.63) is 36.5 Å². The van der Waals surface area contributed by atoms with Crippen LogP contribution in [0.5, 0.6) is 0 Å². The molecule has 19 heavy (non-hydrogen) atoms. The van der Waals surface area contributed by atoms with Crippen molar-refractivity contribution in [1.29, 1.82) is 0 Å². The zero-order chi connectivity index (χ0) is 13.4. The summed E-state index contributed by atoms with van der Waals surface area (Å²) in [7, 11) is 0. The molecule has 1 unspecified atom stereocenters. The molecule has 1 atom stereocenters. The number of fused-ring (bicyclic) bond motifs is 1. The van der Waals surface area contributed by atoms with Crippen LogP contribution in [0.3, 0.4) is 0 Å². The highest BCUT2D eigenvalue weighted by atomic mass is 16.2. The summed E-state index contributed by atoms with van der Waals surface area (Å²) in [6.07, 6.45) is 1.92. The summed E-state index contributed by atoms with van der Waals surface area (Å²) in [5.41, 5.74) is 6.93. The second-order valence-electron chi connectivity index (χ2n) is 4.69. The van der Waals surface area contributed by atoms with Gasteiger partial charge in [0, 0.05) is 30.2 Å². The minimum atomic E-state index is -0.418. The van der Waals surface area contributed by atoms with E-state index >= 15 is 0 Å². The fourth-order valence-corrected chi connectivity index (χ4v) is 2.38. The van der Waals surface area contributed by atoms with Gasteiger partial charge in [-0.1, -0.05) is 6.07 Å². The van der Waals surface area contributed by atoms with E-state index in [0.717, 1.165) is 16.6 Å². The van der Waals surface area contributed by atoms with Crippen molar-refractivity contribution in [1.82, 2.24) is 4.98 Å².